The van der Waals surface area contributed by atoms with E-state index >= 15 is 0 Å². The van der Waals surface area contributed by atoms with Crippen molar-refractivity contribution in [2.45, 2.75) is 26.0 Å². The molecule has 0 aliphatic rings. The molecule has 138 valence electrons. The molecule has 8 nitrogen and oxygen atoms in total. The van der Waals surface area contributed by atoms with E-state index in [2.05, 4.69) is 27.5 Å². The van der Waals surface area contributed by atoms with E-state index in [1.54, 1.807) is 18.0 Å². The Hall–Kier alpha value is -2.87. The lowest BCUT2D eigenvalue weighted by molar-refractivity contribution is 0.284. The highest BCUT2D eigenvalue weighted by Gasteiger charge is 2.14. The number of ether oxygens (including phenoxy) is 2. The Bertz CT molecular complexity index is 858. The molecule has 0 saturated carbocycles. The van der Waals surface area contributed by atoms with Gasteiger partial charge in [0.1, 0.15) is 6.61 Å². The van der Waals surface area contributed by atoms with E-state index in [1.807, 2.05) is 38.5 Å². The molecule has 3 rings (SSSR count). The highest BCUT2D eigenvalue weighted by Crippen LogP contribution is 2.32. The third-order valence-corrected chi connectivity index (χ3v) is 4.01. The molecule has 0 bridgehead atoms. The van der Waals surface area contributed by atoms with Crippen molar-refractivity contribution >= 4 is 0 Å². The number of hydrogen-bond acceptors (Lipinski definition) is 7. The van der Waals surface area contributed by atoms with Gasteiger partial charge in [0.2, 0.25) is 0 Å². The van der Waals surface area contributed by atoms with Crippen LogP contribution in [-0.4, -0.2) is 40.1 Å². The number of likely N-dealkylation sites (N-methyl/N-ethyl adjacent to an activating group) is 1. The Morgan fingerprint density at radius 1 is 1.31 bits per heavy atom. The maximum absolute atomic E-state index is 5.84. The first-order chi connectivity index (χ1) is 12.6. The fourth-order valence-electron chi connectivity index (χ4n) is 2.46. The summed E-state index contributed by atoms with van der Waals surface area (Å²) in [6, 6.07) is 5.82. The number of methoxy groups -OCH3 is 1. The molecule has 0 aliphatic heterocycles. The van der Waals surface area contributed by atoms with Crippen LogP contribution in [0.4, 0.5) is 0 Å². The molecule has 0 spiro atoms. The van der Waals surface area contributed by atoms with Gasteiger partial charge in [-0.25, -0.2) is 0 Å². The van der Waals surface area contributed by atoms with Gasteiger partial charge in [-0.2, -0.15) is 10.1 Å². The van der Waals surface area contributed by atoms with Crippen LogP contribution in [0.1, 0.15) is 18.3 Å². The standard InChI is InChI=1S/C18H23N5O3/c1-12(19-2)7-17-21-18(26-22-17)14-5-6-15(16(8-14)24-4)25-11-13-9-20-23(3)10-13/h5-6,8-10,12,19H,7,11H2,1-4H3. The molecular formula is C18H23N5O3. The summed E-state index contributed by atoms with van der Waals surface area (Å²) in [5.41, 5.74) is 1.77. The summed E-state index contributed by atoms with van der Waals surface area (Å²) in [6.07, 6.45) is 4.38. The number of rotatable bonds is 8. The van der Waals surface area contributed by atoms with Crippen molar-refractivity contribution in [2.75, 3.05) is 14.2 Å². The lowest BCUT2D eigenvalue weighted by Gasteiger charge is -2.10. The molecular weight excluding hydrogens is 334 g/mol. The van der Waals surface area contributed by atoms with Crippen LogP contribution in [0.25, 0.3) is 11.5 Å². The van der Waals surface area contributed by atoms with Gasteiger partial charge in [-0.05, 0) is 32.2 Å². The van der Waals surface area contributed by atoms with Crippen LogP contribution in [0, 0.1) is 0 Å². The summed E-state index contributed by atoms with van der Waals surface area (Å²) in [4.78, 5) is 4.44. The zero-order chi connectivity index (χ0) is 18.5. The van der Waals surface area contributed by atoms with Crippen LogP contribution in [0.15, 0.2) is 35.1 Å². The molecule has 26 heavy (non-hydrogen) atoms. The van der Waals surface area contributed by atoms with Crippen molar-refractivity contribution in [1.82, 2.24) is 25.2 Å². The predicted molar refractivity (Wildman–Crippen MR) is 96.1 cm³/mol. The molecule has 2 heterocycles. The molecule has 1 aromatic carbocycles. The number of aromatic nitrogens is 4. The van der Waals surface area contributed by atoms with Crippen LogP contribution >= 0.6 is 0 Å². The Labute approximate surface area is 152 Å². The van der Waals surface area contributed by atoms with E-state index < -0.39 is 0 Å². The van der Waals surface area contributed by atoms with Gasteiger partial charge in [0.05, 0.1) is 13.3 Å². The molecule has 1 unspecified atom stereocenters. The van der Waals surface area contributed by atoms with E-state index in [0.717, 1.165) is 11.1 Å². The maximum atomic E-state index is 5.84. The average molecular weight is 357 g/mol. The van der Waals surface area contributed by atoms with E-state index in [9.17, 15) is 0 Å². The molecule has 8 heteroatoms. The Balaban J connectivity index is 1.73. The van der Waals surface area contributed by atoms with Crippen molar-refractivity contribution in [3.63, 3.8) is 0 Å². The maximum Gasteiger partial charge on any atom is 0.258 e. The first-order valence-corrected chi connectivity index (χ1v) is 8.37. The van der Waals surface area contributed by atoms with Crippen LogP contribution in [0.2, 0.25) is 0 Å². The van der Waals surface area contributed by atoms with Gasteiger partial charge >= 0.3 is 0 Å². The van der Waals surface area contributed by atoms with E-state index in [0.29, 0.717) is 36.2 Å². The highest BCUT2D eigenvalue weighted by atomic mass is 16.5. The number of nitrogens with zero attached hydrogens (tertiary/aromatic N) is 4. The van der Waals surface area contributed by atoms with E-state index in [4.69, 9.17) is 14.0 Å². The van der Waals surface area contributed by atoms with Gasteiger partial charge in [0.15, 0.2) is 17.3 Å². The third-order valence-electron chi connectivity index (χ3n) is 4.01. The molecule has 2 aromatic heterocycles. The van der Waals surface area contributed by atoms with Crippen molar-refractivity contribution in [3.05, 3.63) is 42.0 Å². The van der Waals surface area contributed by atoms with Crippen LogP contribution in [0.3, 0.4) is 0 Å². The van der Waals surface area contributed by atoms with Crippen molar-refractivity contribution in [2.24, 2.45) is 7.05 Å². The van der Waals surface area contributed by atoms with Crippen LogP contribution < -0.4 is 14.8 Å². The summed E-state index contributed by atoms with van der Waals surface area (Å²) >= 11 is 0. The van der Waals surface area contributed by atoms with Crippen LogP contribution in [-0.2, 0) is 20.1 Å². The van der Waals surface area contributed by atoms with E-state index in [-0.39, 0.29) is 6.04 Å². The van der Waals surface area contributed by atoms with Crippen molar-refractivity contribution in [3.8, 4) is 23.0 Å². The van der Waals surface area contributed by atoms with E-state index in [1.165, 1.54) is 0 Å². The fraction of sp³-hybridized carbons (Fsp3) is 0.389. The number of benzene rings is 1. The zero-order valence-electron chi connectivity index (χ0n) is 15.4. The highest BCUT2D eigenvalue weighted by molar-refractivity contribution is 5.59. The summed E-state index contributed by atoms with van der Waals surface area (Å²) in [6.45, 7) is 2.48. The molecule has 1 N–H and O–H groups in total. The summed E-state index contributed by atoms with van der Waals surface area (Å²) in [5.74, 6) is 2.37. The topological polar surface area (TPSA) is 87.2 Å². The Kier molecular flexibility index (Phi) is 5.52. The lowest BCUT2D eigenvalue weighted by Crippen LogP contribution is -2.24. The van der Waals surface area contributed by atoms with Crippen molar-refractivity contribution < 1.29 is 14.0 Å². The van der Waals surface area contributed by atoms with Gasteiger partial charge in [0, 0.05) is 36.8 Å². The molecule has 0 aliphatic carbocycles. The van der Waals surface area contributed by atoms with Gasteiger partial charge in [-0.3, -0.25) is 4.68 Å². The number of nitrogens with one attached hydrogen (secondary N) is 1. The predicted octanol–water partition coefficient (Wildman–Crippen LogP) is 2.21. The molecule has 0 saturated heterocycles. The number of hydrogen-bond donors (Lipinski definition) is 1. The monoisotopic (exact) mass is 357 g/mol. The fourth-order valence-corrected chi connectivity index (χ4v) is 2.46. The largest absolute Gasteiger partial charge is 0.493 e. The van der Waals surface area contributed by atoms with Gasteiger partial charge in [-0.15, -0.1) is 0 Å². The zero-order valence-corrected chi connectivity index (χ0v) is 15.4. The minimum atomic E-state index is 0.276. The SMILES string of the molecule is CNC(C)Cc1noc(-c2ccc(OCc3cnn(C)c3)c(OC)c2)n1. The average Bonchev–Trinajstić information content (AvgIpc) is 3.28. The second-order valence-electron chi connectivity index (χ2n) is 6.09. The van der Waals surface area contributed by atoms with Gasteiger partial charge in [-0.1, -0.05) is 5.16 Å². The van der Waals surface area contributed by atoms with Crippen LogP contribution in [0.5, 0.6) is 11.5 Å². The summed E-state index contributed by atoms with van der Waals surface area (Å²) in [5, 5.41) is 11.3. The molecule has 0 radical (unpaired) electrons. The molecule has 0 amide bonds. The first-order valence-electron chi connectivity index (χ1n) is 8.37. The first kappa shape index (κ1) is 17.9. The summed E-state index contributed by atoms with van der Waals surface area (Å²) in [7, 11) is 5.37. The van der Waals surface area contributed by atoms with Gasteiger partial charge in [0.25, 0.3) is 5.89 Å². The summed E-state index contributed by atoms with van der Waals surface area (Å²) < 4.78 is 18.4. The lowest BCUT2D eigenvalue weighted by atomic mass is 10.2. The smallest absolute Gasteiger partial charge is 0.258 e. The molecule has 0 fully saturated rings. The molecule has 1 atom stereocenters. The Morgan fingerprint density at radius 3 is 2.85 bits per heavy atom. The minimum Gasteiger partial charge on any atom is -0.493 e. The normalized spacial score (nSPS) is 12.2. The quantitative estimate of drug-likeness (QED) is 0.661. The third kappa shape index (κ3) is 4.20. The Morgan fingerprint density at radius 2 is 2.15 bits per heavy atom. The minimum absolute atomic E-state index is 0.276. The van der Waals surface area contributed by atoms with Gasteiger partial charge < -0.3 is 19.3 Å². The number of aryl methyl sites for hydroxylation is 1. The second-order valence-corrected chi connectivity index (χ2v) is 6.09. The van der Waals surface area contributed by atoms with Crippen molar-refractivity contribution in [1.29, 1.82) is 0 Å². The second kappa shape index (κ2) is 8.01. The molecule has 3 aromatic rings.